The van der Waals surface area contributed by atoms with Gasteiger partial charge in [0.2, 0.25) is 21.8 Å². The van der Waals surface area contributed by atoms with Crippen LogP contribution in [0.5, 0.6) is 0 Å². The molecule has 0 aliphatic rings. The maximum atomic E-state index is 13.6. The van der Waals surface area contributed by atoms with E-state index in [0.29, 0.717) is 23.6 Å². The van der Waals surface area contributed by atoms with Gasteiger partial charge in [-0.3, -0.25) is 13.9 Å². The molecule has 0 saturated carbocycles. The van der Waals surface area contributed by atoms with Crippen LogP contribution in [0.2, 0.25) is 15.1 Å². The first-order valence-electron chi connectivity index (χ1n) is 10.3. The van der Waals surface area contributed by atoms with Crippen LogP contribution in [0.3, 0.4) is 0 Å². The molecule has 0 fully saturated rings. The van der Waals surface area contributed by atoms with E-state index in [4.69, 9.17) is 34.8 Å². The van der Waals surface area contributed by atoms with E-state index < -0.39 is 40.2 Å². The molecule has 0 radical (unpaired) electrons. The minimum atomic E-state index is -3.96. The number of anilines is 1. The van der Waals surface area contributed by atoms with Gasteiger partial charge in [0, 0.05) is 23.1 Å². The van der Waals surface area contributed by atoms with Crippen LogP contribution in [-0.2, 0) is 26.2 Å². The fourth-order valence-corrected chi connectivity index (χ4v) is 4.55. The van der Waals surface area contributed by atoms with E-state index in [1.54, 1.807) is 12.1 Å². The first-order chi connectivity index (χ1) is 15.8. The number of amides is 2. The molecule has 34 heavy (non-hydrogen) atoms. The number of carbonyl (C=O) groups excluding carboxylic acids is 2. The van der Waals surface area contributed by atoms with Crippen molar-refractivity contribution in [2.24, 2.45) is 0 Å². The molecule has 1 atom stereocenters. The zero-order chi connectivity index (χ0) is 25.6. The van der Waals surface area contributed by atoms with Crippen LogP contribution in [0.25, 0.3) is 0 Å². The lowest BCUT2D eigenvalue weighted by molar-refractivity contribution is -0.139. The summed E-state index contributed by atoms with van der Waals surface area (Å²) in [7, 11) is -3.96. The molecule has 2 aromatic rings. The lowest BCUT2D eigenvalue weighted by Crippen LogP contribution is -2.51. The summed E-state index contributed by atoms with van der Waals surface area (Å²) >= 11 is 18.0. The van der Waals surface area contributed by atoms with Crippen molar-refractivity contribution < 1.29 is 22.4 Å². The maximum Gasteiger partial charge on any atom is 0.244 e. The normalized spacial score (nSPS) is 12.2. The van der Waals surface area contributed by atoms with Crippen LogP contribution in [0, 0.1) is 5.82 Å². The highest BCUT2D eigenvalue weighted by Gasteiger charge is 2.30. The number of sulfonamides is 1. The van der Waals surface area contributed by atoms with Gasteiger partial charge >= 0.3 is 0 Å². The van der Waals surface area contributed by atoms with E-state index in [2.05, 4.69) is 5.32 Å². The van der Waals surface area contributed by atoms with Crippen molar-refractivity contribution in [2.45, 2.75) is 32.9 Å². The second-order valence-electron chi connectivity index (χ2n) is 7.59. The molecule has 0 spiro atoms. The standard InChI is InChI=1S/C22H25Cl3FN3O4S/c1-4-9-27-22(31)14(2)28(12-15-5-6-16(23)10-18(15)24)21(30)13-29(34(3,32)33)17-7-8-20(26)19(25)11-17/h5-8,10-11,14H,4,9,12-13H2,1-3H3,(H,27,31)/t14-/m0/s1. The fraction of sp³-hybridized carbons (Fsp3) is 0.364. The van der Waals surface area contributed by atoms with Crippen molar-refractivity contribution in [3.63, 3.8) is 0 Å². The Hall–Kier alpha value is -2.07. The molecular weight excluding hydrogens is 528 g/mol. The zero-order valence-corrected chi connectivity index (χ0v) is 21.9. The fourth-order valence-electron chi connectivity index (χ4n) is 3.07. The molecule has 0 aromatic heterocycles. The Labute approximate surface area is 213 Å². The summed E-state index contributed by atoms with van der Waals surface area (Å²) in [6.45, 7) is 3.12. The molecule has 2 rings (SSSR count). The van der Waals surface area contributed by atoms with Crippen molar-refractivity contribution in [2.75, 3.05) is 23.7 Å². The summed E-state index contributed by atoms with van der Waals surface area (Å²) in [6, 6.07) is 7.10. The number of hydrogen-bond donors (Lipinski definition) is 1. The van der Waals surface area contributed by atoms with Gasteiger partial charge in [-0.1, -0.05) is 47.8 Å². The average Bonchev–Trinajstić information content (AvgIpc) is 2.75. The average molecular weight is 553 g/mol. The Bertz CT molecular complexity index is 1160. The van der Waals surface area contributed by atoms with Crippen LogP contribution < -0.4 is 9.62 Å². The second-order valence-corrected chi connectivity index (χ2v) is 10.8. The van der Waals surface area contributed by atoms with Crippen molar-refractivity contribution in [1.82, 2.24) is 10.2 Å². The minimum absolute atomic E-state index is 0.00909. The Kier molecular flexibility index (Phi) is 9.99. The second kappa shape index (κ2) is 12.1. The van der Waals surface area contributed by atoms with Crippen LogP contribution in [0.1, 0.15) is 25.8 Å². The predicted octanol–water partition coefficient (Wildman–Crippen LogP) is 4.50. The Morgan fingerprint density at radius 1 is 1.09 bits per heavy atom. The van der Waals surface area contributed by atoms with E-state index in [1.807, 2.05) is 6.92 Å². The van der Waals surface area contributed by atoms with Gasteiger partial charge in [-0.15, -0.1) is 0 Å². The molecular formula is C22H25Cl3FN3O4S. The summed E-state index contributed by atoms with van der Waals surface area (Å²) in [5, 5.41) is 3.12. The SMILES string of the molecule is CCCNC(=O)[C@H](C)N(Cc1ccc(Cl)cc1Cl)C(=O)CN(c1ccc(F)c(Cl)c1)S(C)(=O)=O. The summed E-state index contributed by atoms with van der Waals surface area (Å²) in [5.74, 6) is -1.81. The lowest BCUT2D eigenvalue weighted by atomic mass is 10.1. The van der Waals surface area contributed by atoms with Gasteiger partial charge in [0.25, 0.3) is 0 Å². The van der Waals surface area contributed by atoms with Crippen molar-refractivity contribution in [3.05, 3.63) is 62.8 Å². The van der Waals surface area contributed by atoms with Crippen molar-refractivity contribution >= 4 is 62.3 Å². The van der Waals surface area contributed by atoms with Crippen LogP contribution in [-0.4, -0.2) is 50.5 Å². The number of carbonyl (C=O) groups is 2. The number of nitrogens with zero attached hydrogens (tertiary/aromatic N) is 2. The first kappa shape index (κ1) is 28.2. The molecule has 12 heteroatoms. The van der Waals surface area contributed by atoms with Gasteiger partial charge < -0.3 is 10.2 Å². The summed E-state index contributed by atoms with van der Waals surface area (Å²) in [6.07, 6.45) is 1.61. The molecule has 0 heterocycles. The highest BCUT2D eigenvalue weighted by Crippen LogP contribution is 2.26. The molecule has 2 aromatic carbocycles. The Balaban J connectivity index is 2.42. The van der Waals surface area contributed by atoms with Crippen LogP contribution in [0.15, 0.2) is 36.4 Å². The molecule has 0 saturated heterocycles. The first-order valence-corrected chi connectivity index (χ1v) is 13.3. The topological polar surface area (TPSA) is 86.8 Å². The summed E-state index contributed by atoms with van der Waals surface area (Å²) in [5.41, 5.74) is 0.528. The molecule has 186 valence electrons. The molecule has 0 unspecified atom stereocenters. The molecule has 7 nitrogen and oxygen atoms in total. The van der Waals surface area contributed by atoms with E-state index in [0.717, 1.165) is 22.7 Å². The van der Waals surface area contributed by atoms with Crippen LogP contribution in [0.4, 0.5) is 10.1 Å². The third-order valence-corrected chi connectivity index (χ3v) is 6.96. The molecule has 2 amide bonds. The minimum Gasteiger partial charge on any atom is -0.354 e. The van der Waals surface area contributed by atoms with E-state index in [1.165, 1.54) is 24.0 Å². The third-order valence-electron chi connectivity index (χ3n) is 4.94. The maximum absolute atomic E-state index is 13.6. The van der Waals surface area contributed by atoms with Gasteiger partial charge in [-0.25, -0.2) is 12.8 Å². The Morgan fingerprint density at radius 3 is 2.32 bits per heavy atom. The molecule has 0 aliphatic heterocycles. The van der Waals surface area contributed by atoms with Gasteiger partial charge in [-0.2, -0.15) is 0 Å². The number of rotatable bonds is 10. The lowest BCUT2D eigenvalue weighted by Gasteiger charge is -2.31. The number of hydrogen-bond acceptors (Lipinski definition) is 4. The largest absolute Gasteiger partial charge is 0.354 e. The monoisotopic (exact) mass is 551 g/mol. The van der Waals surface area contributed by atoms with Gasteiger partial charge in [-0.05, 0) is 49.2 Å². The number of benzene rings is 2. The van der Waals surface area contributed by atoms with Gasteiger partial charge in [0.15, 0.2) is 0 Å². The number of nitrogens with one attached hydrogen (secondary N) is 1. The quantitative estimate of drug-likeness (QED) is 0.470. The predicted molar refractivity (Wildman–Crippen MR) is 133 cm³/mol. The van der Waals surface area contributed by atoms with Gasteiger partial charge in [0.1, 0.15) is 18.4 Å². The van der Waals surface area contributed by atoms with E-state index >= 15 is 0 Å². The van der Waals surface area contributed by atoms with Crippen molar-refractivity contribution in [3.8, 4) is 0 Å². The Morgan fingerprint density at radius 2 is 1.76 bits per heavy atom. The zero-order valence-electron chi connectivity index (χ0n) is 18.8. The van der Waals surface area contributed by atoms with Crippen LogP contribution >= 0.6 is 34.8 Å². The number of halogens is 4. The molecule has 0 bridgehead atoms. The van der Waals surface area contributed by atoms with Crippen molar-refractivity contribution in [1.29, 1.82) is 0 Å². The van der Waals surface area contributed by atoms with Gasteiger partial charge in [0.05, 0.1) is 17.0 Å². The third kappa shape index (κ3) is 7.46. The molecule has 1 N–H and O–H groups in total. The highest BCUT2D eigenvalue weighted by molar-refractivity contribution is 7.92. The summed E-state index contributed by atoms with van der Waals surface area (Å²) in [4.78, 5) is 27.3. The summed E-state index contributed by atoms with van der Waals surface area (Å²) < 4.78 is 39.4. The van der Waals surface area contributed by atoms with E-state index in [-0.39, 0.29) is 22.3 Å². The smallest absolute Gasteiger partial charge is 0.244 e. The van der Waals surface area contributed by atoms with E-state index in [9.17, 15) is 22.4 Å². The molecule has 0 aliphatic carbocycles. The highest BCUT2D eigenvalue weighted by atomic mass is 35.5.